The van der Waals surface area contributed by atoms with Crippen LogP contribution >= 0.6 is 0 Å². The lowest BCUT2D eigenvalue weighted by Gasteiger charge is -2.09. The Morgan fingerprint density at radius 1 is 1.44 bits per heavy atom. The van der Waals surface area contributed by atoms with Gasteiger partial charge in [0, 0.05) is 4.90 Å². The highest BCUT2D eigenvalue weighted by Gasteiger charge is 2.20. The maximum absolute atomic E-state index is 11.8. The lowest BCUT2D eigenvalue weighted by Crippen LogP contribution is -2.33. The maximum Gasteiger partial charge on any atom is 0.259 e. The highest BCUT2D eigenvalue weighted by molar-refractivity contribution is 7.86. The average Bonchev–Trinajstić information content (AvgIpc) is 2.36. The fourth-order valence-corrected chi connectivity index (χ4v) is 2.16. The lowest BCUT2D eigenvalue weighted by atomic mass is 10.3. The Kier molecular flexibility index (Phi) is 4.45. The molecule has 1 amide bonds. The molecule has 0 heterocycles. The van der Waals surface area contributed by atoms with Crippen LogP contribution in [0, 0.1) is 0 Å². The Balaban J connectivity index is 2.84. The molecule has 2 atom stereocenters. The van der Waals surface area contributed by atoms with Crippen LogP contribution in [0.15, 0.2) is 29.2 Å². The van der Waals surface area contributed by atoms with E-state index in [-0.39, 0.29) is 0 Å². The molecule has 6 heteroatoms. The molecule has 2 N–H and O–H groups in total. The van der Waals surface area contributed by atoms with Crippen LogP contribution < -0.4 is 10.2 Å². The third-order valence-corrected chi connectivity index (χ3v) is 3.69. The first-order chi connectivity index (χ1) is 7.60. The van der Waals surface area contributed by atoms with Gasteiger partial charge in [-0.1, -0.05) is 0 Å². The summed E-state index contributed by atoms with van der Waals surface area (Å²) >= 11 is 0. The summed E-state index contributed by atoms with van der Waals surface area (Å²) in [6.07, 6.45) is 0. The zero-order chi connectivity index (χ0) is 12.1. The first-order valence-corrected chi connectivity index (χ1v) is 5.80. The van der Waals surface area contributed by atoms with E-state index in [4.69, 9.17) is 9.94 Å². The minimum absolute atomic E-state index is 0.511. The van der Waals surface area contributed by atoms with Gasteiger partial charge in [-0.2, -0.15) is 0 Å². The summed E-state index contributed by atoms with van der Waals surface area (Å²) in [6, 6.07) is 6.57. The van der Waals surface area contributed by atoms with Crippen LogP contribution in [0.5, 0.6) is 5.75 Å². The van der Waals surface area contributed by atoms with Crippen LogP contribution in [0.25, 0.3) is 0 Å². The fraction of sp³-hybridized carbons (Fsp3) is 0.300. The predicted octanol–water partition coefficient (Wildman–Crippen LogP) is 0.697. The van der Waals surface area contributed by atoms with Gasteiger partial charge in [-0.05, 0) is 31.2 Å². The first-order valence-electron chi connectivity index (χ1n) is 4.58. The molecular formula is C10H13NO4S. The molecule has 16 heavy (non-hydrogen) atoms. The molecule has 88 valence electrons. The van der Waals surface area contributed by atoms with Crippen LogP contribution in [0.4, 0.5) is 0 Å². The average molecular weight is 243 g/mol. The van der Waals surface area contributed by atoms with Gasteiger partial charge >= 0.3 is 0 Å². The van der Waals surface area contributed by atoms with E-state index >= 15 is 0 Å². The van der Waals surface area contributed by atoms with Crippen LogP contribution in [0.3, 0.4) is 0 Å². The number of hydroxylamine groups is 1. The number of ether oxygens (including phenoxy) is 1. The molecule has 0 spiro atoms. The third kappa shape index (κ3) is 2.80. The molecular weight excluding hydrogens is 230 g/mol. The Bertz CT molecular complexity index is 390. The molecule has 0 saturated heterocycles. The van der Waals surface area contributed by atoms with Crippen molar-refractivity contribution < 1.29 is 18.9 Å². The summed E-state index contributed by atoms with van der Waals surface area (Å²) in [5, 5.41) is 7.62. The second-order valence-electron chi connectivity index (χ2n) is 3.09. The van der Waals surface area contributed by atoms with Crippen molar-refractivity contribution in [1.82, 2.24) is 5.48 Å². The number of rotatable bonds is 4. The van der Waals surface area contributed by atoms with E-state index in [9.17, 15) is 9.00 Å². The molecule has 0 radical (unpaired) electrons. The van der Waals surface area contributed by atoms with E-state index < -0.39 is 22.0 Å². The number of methoxy groups -OCH3 is 1. The zero-order valence-corrected chi connectivity index (χ0v) is 9.78. The van der Waals surface area contributed by atoms with E-state index in [0.29, 0.717) is 10.6 Å². The Morgan fingerprint density at radius 2 is 2.00 bits per heavy atom. The number of nitrogens with one attached hydrogen (secondary N) is 1. The smallest absolute Gasteiger partial charge is 0.259 e. The summed E-state index contributed by atoms with van der Waals surface area (Å²) in [7, 11) is 0.0395. The van der Waals surface area contributed by atoms with Gasteiger partial charge in [-0.3, -0.25) is 14.2 Å². The topological polar surface area (TPSA) is 75.6 Å². The van der Waals surface area contributed by atoms with E-state index in [1.807, 2.05) is 0 Å². The van der Waals surface area contributed by atoms with E-state index in [2.05, 4.69) is 0 Å². The van der Waals surface area contributed by atoms with Gasteiger partial charge in [0.25, 0.3) is 5.91 Å². The molecule has 1 aromatic rings. The van der Waals surface area contributed by atoms with Crippen LogP contribution in [0.1, 0.15) is 6.92 Å². The van der Waals surface area contributed by atoms with Crippen LogP contribution in [-0.2, 0) is 15.6 Å². The van der Waals surface area contributed by atoms with Crippen molar-refractivity contribution in [3.8, 4) is 5.75 Å². The van der Waals surface area contributed by atoms with Crippen molar-refractivity contribution in [1.29, 1.82) is 0 Å². The van der Waals surface area contributed by atoms with Crippen molar-refractivity contribution in [2.45, 2.75) is 17.1 Å². The Morgan fingerprint density at radius 3 is 2.44 bits per heavy atom. The predicted molar refractivity (Wildman–Crippen MR) is 58.8 cm³/mol. The molecule has 2 unspecified atom stereocenters. The normalized spacial score (nSPS) is 13.9. The van der Waals surface area contributed by atoms with Gasteiger partial charge < -0.3 is 4.74 Å². The summed E-state index contributed by atoms with van der Waals surface area (Å²) in [6.45, 7) is 1.48. The second-order valence-corrected chi connectivity index (χ2v) is 4.86. The summed E-state index contributed by atoms with van der Waals surface area (Å²) in [5.74, 6) is -0.0193. The summed E-state index contributed by atoms with van der Waals surface area (Å²) in [4.78, 5) is 11.6. The first kappa shape index (κ1) is 12.7. The monoisotopic (exact) mass is 243 g/mol. The molecule has 0 aliphatic carbocycles. The molecule has 0 aliphatic heterocycles. The Labute approximate surface area is 95.8 Å². The summed E-state index contributed by atoms with van der Waals surface area (Å²) < 4.78 is 16.8. The van der Waals surface area contributed by atoms with Crippen molar-refractivity contribution in [2.24, 2.45) is 0 Å². The maximum atomic E-state index is 11.8. The number of benzene rings is 1. The van der Waals surface area contributed by atoms with Gasteiger partial charge in [0.2, 0.25) is 0 Å². The van der Waals surface area contributed by atoms with Gasteiger partial charge in [-0.15, -0.1) is 0 Å². The largest absolute Gasteiger partial charge is 0.497 e. The quantitative estimate of drug-likeness (QED) is 0.603. The Hall–Kier alpha value is -1.40. The van der Waals surface area contributed by atoms with E-state index in [1.54, 1.807) is 24.3 Å². The molecule has 0 aliphatic rings. The molecule has 1 rings (SSSR count). The molecule has 0 fully saturated rings. The number of amides is 1. The summed E-state index contributed by atoms with van der Waals surface area (Å²) in [5.41, 5.74) is 1.48. The molecule has 5 nitrogen and oxygen atoms in total. The SMILES string of the molecule is COc1ccc(S(=O)C(C)C(=O)NO)cc1. The van der Waals surface area contributed by atoms with Gasteiger partial charge in [-0.25, -0.2) is 5.48 Å². The number of hydrogen-bond donors (Lipinski definition) is 2. The van der Waals surface area contributed by atoms with E-state index in [1.165, 1.54) is 19.5 Å². The molecule has 0 saturated carbocycles. The number of carbonyl (C=O) groups excluding carboxylic acids is 1. The molecule has 0 aromatic heterocycles. The standard InChI is InChI=1S/C10H13NO4S/c1-7(10(12)11-13)16(14)9-5-3-8(15-2)4-6-9/h3-7,13H,1-2H3,(H,11,12). The second kappa shape index (κ2) is 5.62. The minimum Gasteiger partial charge on any atom is -0.497 e. The highest BCUT2D eigenvalue weighted by Crippen LogP contribution is 2.16. The number of hydrogen-bond acceptors (Lipinski definition) is 4. The van der Waals surface area contributed by atoms with Crippen molar-refractivity contribution in [3.63, 3.8) is 0 Å². The van der Waals surface area contributed by atoms with Crippen LogP contribution in [-0.4, -0.2) is 27.7 Å². The minimum atomic E-state index is -1.50. The highest BCUT2D eigenvalue weighted by atomic mass is 32.2. The third-order valence-electron chi connectivity index (χ3n) is 2.09. The van der Waals surface area contributed by atoms with Crippen LogP contribution in [0.2, 0.25) is 0 Å². The molecule has 0 bridgehead atoms. The van der Waals surface area contributed by atoms with E-state index in [0.717, 1.165) is 0 Å². The van der Waals surface area contributed by atoms with Crippen molar-refractivity contribution in [3.05, 3.63) is 24.3 Å². The van der Waals surface area contributed by atoms with Gasteiger partial charge in [0.1, 0.15) is 11.0 Å². The lowest BCUT2D eigenvalue weighted by molar-refractivity contribution is -0.128. The van der Waals surface area contributed by atoms with Crippen molar-refractivity contribution >= 4 is 16.7 Å². The van der Waals surface area contributed by atoms with Gasteiger partial charge in [0.15, 0.2) is 0 Å². The van der Waals surface area contributed by atoms with Gasteiger partial charge in [0.05, 0.1) is 17.9 Å². The number of carbonyl (C=O) groups is 1. The zero-order valence-electron chi connectivity index (χ0n) is 8.97. The van der Waals surface area contributed by atoms with Crippen molar-refractivity contribution in [2.75, 3.05) is 7.11 Å². The fourth-order valence-electron chi connectivity index (χ4n) is 1.10. The molecule has 1 aromatic carbocycles.